The van der Waals surface area contributed by atoms with E-state index in [2.05, 4.69) is 13.8 Å². The number of hydrogen-bond acceptors (Lipinski definition) is 3. The number of sulfonamides is 1. The van der Waals surface area contributed by atoms with Crippen LogP contribution in [0.3, 0.4) is 0 Å². The molecule has 0 fully saturated rings. The summed E-state index contributed by atoms with van der Waals surface area (Å²) in [7, 11) is -3.38. The van der Waals surface area contributed by atoms with Crippen molar-refractivity contribution in [2.45, 2.75) is 26.2 Å². The molecular weight excluding hydrogens is 238 g/mol. The summed E-state index contributed by atoms with van der Waals surface area (Å²) >= 11 is 0. The zero-order chi connectivity index (χ0) is 12.9. The summed E-state index contributed by atoms with van der Waals surface area (Å²) < 4.78 is 26.9. The maximum Gasteiger partial charge on any atom is 0.209 e. The lowest BCUT2D eigenvalue weighted by Crippen LogP contribution is -2.18. The average Bonchev–Trinajstić information content (AvgIpc) is 2.23. The van der Waals surface area contributed by atoms with Crippen molar-refractivity contribution in [1.29, 1.82) is 0 Å². The third kappa shape index (κ3) is 5.70. The SMILES string of the molecule is CC(C)c1cccc(OCCCS(N)(=O)=O)c1. The van der Waals surface area contributed by atoms with Gasteiger partial charge in [0.05, 0.1) is 12.4 Å². The molecule has 0 saturated carbocycles. The van der Waals surface area contributed by atoms with Crippen molar-refractivity contribution in [2.24, 2.45) is 5.14 Å². The van der Waals surface area contributed by atoms with Crippen molar-refractivity contribution in [3.63, 3.8) is 0 Å². The molecule has 0 bridgehead atoms. The van der Waals surface area contributed by atoms with E-state index >= 15 is 0 Å². The first-order valence-electron chi connectivity index (χ1n) is 5.62. The molecule has 0 aromatic heterocycles. The van der Waals surface area contributed by atoms with Crippen LogP contribution in [0.1, 0.15) is 31.7 Å². The van der Waals surface area contributed by atoms with Gasteiger partial charge in [0.2, 0.25) is 10.0 Å². The van der Waals surface area contributed by atoms with Gasteiger partial charge >= 0.3 is 0 Å². The molecule has 96 valence electrons. The average molecular weight is 257 g/mol. The molecular formula is C12H19NO3S. The highest BCUT2D eigenvalue weighted by molar-refractivity contribution is 7.89. The zero-order valence-corrected chi connectivity index (χ0v) is 11.0. The number of nitrogens with two attached hydrogens (primary N) is 1. The lowest BCUT2D eigenvalue weighted by atomic mass is 10.0. The molecule has 0 aliphatic carbocycles. The fraction of sp³-hybridized carbons (Fsp3) is 0.500. The highest BCUT2D eigenvalue weighted by Gasteiger charge is 2.03. The van der Waals surface area contributed by atoms with Crippen molar-refractivity contribution in [3.05, 3.63) is 29.8 Å². The molecule has 0 amide bonds. The molecule has 1 aromatic rings. The molecule has 1 aromatic carbocycles. The molecule has 0 aliphatic rings. The van der Waals surface area contributed by atoms with Crippen LogP contribution < -0.4 is 9.88 Å². The predicted molar refractivity (Wildman–Crippen MR) is 68.6 cm³/mol. The third-order valence-corrected chi connectivity index (χ3v) is 3.22. The van der Waals surface area contributed by atoms with Gasteiger partial charge in [-0.25, -0.2) is 13.6 Å². The van der Waals surface area contributed by atoms with Crippen molar-refractivity contribution in [1.82, 2.24) is 0 Å². The molecule has 0 radical (unpaired) electrons. The van der Waals surface area contributed by atoms with E-state index in [0.29, 0.717) is 18.9 Å². The first-order valence-corrected chi connectivity index (χ1v) is 7.33. The molecule has 0 spiro atoms. The molecule has 0 unspecified atom stereocenters. The predicted octanol–water partition coefficient (Wildman–Crippen LogP) is 1.87. The maximum atomic E-state index is 10.7. The van der Waals surface area contributed by atoms with Crippen molar-refractivity contribution >= 4 is 10.0 Å². The Balaban J connectivity index is 2.44. The monoisotopic (exact) mass is 257 g/mol. The van der Waals surface area contributed by atoms with Crippen LogP contribution in [-0.4, -0.2) is 20.8 Å². The van der Waals surface area contributed by atoms with E-state index in [0.717, 1.165) is 5.75 Å². The van der Waals surface area contributed by atoms with E-state index in [-0.39, 0.29) is 5.75 Å². The minimum atomic E-state index is -3.38. The summed E-state index contributed by atoms with van der Waals surface area (Å²) in [5.74, 6) is 1.17. The lowest BCUT2D eigenvalue weighted by Gasteiger charge is -2.09. The van der Waals surface area contributed by atoms with Gasteiger partial charge in [-0.05, 0) is 30.0 Å². The van der Waals surface area contributed by atoms with Gasteiger partial charge < -0.3 is 4.74 Å². The fourth-order valence-electron chi connectivity index (χ4n) is 1.41. The Morgan fingerprint density at radius 2 is 2.06 bits per heavy atom. The summed E-state index contributed by atoms with van der Waals surface area (Å²) in [5.41, 5.74) is 1.20. The Labute approximate surface area is 103 Å². The Morgan fingerprint density at radius 3 is 2.65 bits per heavy atom. The minimum Gasteiger partial charge on any atom is -0.494 e. The summed E-state index contributed by atoms with van der Waals surface area (Å²) in [6.07, 6.45) is 0.407. The second kappa shape index (κ2) is 6.02. The first-order chi connectivity index (χ1) is 7.88. The second-order valence-corrected chi connectivity index (χ2v) is 6.03. The van der Waals surface area contributed by atoms with E-state index in [9.17, 15) is 8.42 Å². The summed E-state index contributed by atoms with van der Waals surface area (Å²) in [6.45, 7) is 4.58. The van der Waals surface area contributed by atoms with Crippen LogP contribution in [0.15, 0.2) is 24.3 Å². The molecule has 0 heterocycles. The second-order valence-electron chi connectivity index (χ2n) is 4.30. The van der Waals surface area contributed by atoms with Gasteiger partial charge in [0.25, 0.3) is 0 Å². The Morgan fingerprint density at radius 1 is 1.35 bits per heavy atom. The summed E-state index contributed by atoms with van der Waals surface area (Å²) in [4.78, 5) is 0. The van der Waals surface area contributed by atoms with Gasteiger partial charge in [0.1, 0.15) is 5.75 Å². The number of benzene rings is 1. The van der Waals surface area contributed by atoms with Crippen LogP contribution in [-0.2, 0) is 10.0 Å². The van der Waals surface area contributed by atoms with Crippen molar-refractivity contribution in [3.8, 4) is 5.75 Å². The number of hydrogen-bond donors (Lipinski definition) is 1. The first kappa shape index (κ1) is 14.0. The summed E-state index contributed by atoms with van der Waals surface area (Å²) in [6, 6.07) is 7.82. The Bertz CT molecular complexity index is 455. The van der Waals surface area contributed by atoms with Gasteiger partial charge in [-0.2, -0.15) is 0 Å². The van der Waals surface area contributed by atoms with Crippen LogP contribution in [0.4, 0.5) is 0 Å². The van der Waals surface area contributed by atoms with Crippen molar-refractivity contribution < 1.29 is 13.2 Å². The number of rotatable bonds is 6. The lowest BCUT2D eigenvalue weighted by molar-refractivity contribution is 0.317. The Kier molecular flexibility index (Phi) is 4.96. The highest BCUT2D eigenvalue weighted by Crippen LogP contribution is 2.20. The van der Waals surface area contributed by atoms with Gasteiger partial charge in [-0.1, -0.05) is 26.0 Å². The molecule has 0 aliphatic heterocycles. The number of ether oxygens (including phenoxy) is 1. The summed E-state index contributed by atoms with van der Waals surface area (Å²) in [5, 5.41) is 4.90. The standard InChI is InChI=1S/C12H19NO3S/c1-10(2)11-5-3-6-12(9-11)16-7-4-8-17(13,14)15/h3,5-6,9-10H,4,7-8H2,1-2H3,(H2,13,14,15). The molecule has 2 N–H and O–H groups in total. The van der Waals surface area contributed by atoms with Gasteiger partial charge in [-0.15, -0.1) is 0 Å². The third-order valence-electron chi connectivity index (χ3n) is 2.37. The van der Waals surface area contributed by atoms with Gasteiger partial charge in [-0.3, -0.25) is 0 Å². The minimum absolute atomic E-state index is 0.0448. The van der Waals surface area contributed by atoms with Gasteiger partial charge in [0.15, 0.2) is 0 Å². The van der Waals surface area contributed by atoms with E-state index < -0.39 is 10.0 Å². The van der Waals surface area contributed by atoms with E-state index in [1.54, 1.807) is 0 Å². The molecule has 1 rings (SSSR count). The smallest absolute Gasteiger partial charge is 0.209 e. The number of primary sulfonamides is 1. The van der Waals surface area contributed by atoms with E-state index in [1.165, 1.54) is 5.56 Å². The molecule has 4 nitrogen and oxygen atoms in total. The fourth-order valence-corrected chi connectivity index (χ4v) is 1.93. The largest absolute Gasteiger partial charge is 0.494 e. The van der Waals surface area contributed by atoms with Crippen LogP contribution in [0.25, 0.3) is 0 Å². The quantitative estimate of drug-likeness (QED) is 0.791. The Hall–Kier alpha value is -1.07. The van der Waals surface area contributed by atoms with E-state index in [4.69, 9.17) is 9.88 Å². The van der Waals surface area contributed by atoms with Crippen LogP contribution in [0.2, 0.25) is 0 Å². The molecule has 0 atom stereocenters. The van der Waals surface area contributed by atoms with Crippen LogP contribution in [0, 0.1) is 0 Å². The molecule has 17 heavy (non-hydrogen) atoms. The normalized spacial score (nSPS) is 11.8. The zero-order valence-electron chi connectivity index (χ0n) is 10.2. The molecule has 5 heteroatoms. The topological polar surface area (TPSA) is 69.4 Å². The molecule has 0 saturated heterocycles. The van der Waals surface area contributed by atoms with E-state index in [1.807, 2.05) is 24.3 Å². The highest BCUT2D eigenvalue weighted by atomic mass is 32.2. The maximum absolute atomic E-state index is 10.7. The van der Waals surface area contributed by atoms with Gasteiger partial charge in [0, 0.05) is 0 Å². The van der Waals surface area contributed by atoms with Crippen LogP contribution >= 0.6 is 0 Å². The van der Waals surface area contributed by atoms with Crippen molar-refractivity contribution in [2.75, 3.05) is 12.4 Å². The van der Waals surface area contributed by atoms with Crippen LogP contribution in [0.5, 0.6) is 5.75 Å².